The molecule has 13 heteroatoms. The molecule has 3 aliphatic heterocycles. The lowest BCUT2D eigenvalue weighted by atomic mass is 9.97. The van der Waals surface area contributed by atoms with Crippen LogP contribution in [-0.4, -0.2) is 99.6 Å². The van der Waals surface area contributed by atoms with E-state index in [1.165, 1.54) is 0 Å². The molecule has 3 heterocycles. The molecule has 0 aromatic carbocycles. The Kier molecular flexibility index (Phi) is 12.5. The minimum atomic E-state index is -0.426. The molecular formula is C19H38N10OS2. The summed E-state index contributed by atoms with van der Waals surface area (Å²) in [5.41, 5.74) is -0.755. The summed E-state index contributed by atoms with van der Waals surface area (Å²) in [4.78, 5) is 15.8. The summed E-state index contributed by atoms with van der Waals surface area (Å²) in [6, 6.07) is 0. The van der Waals surface area contributed by atoms with Gasteiger partial charge in [0.05, 0.1) is 16.2 Å². The Bertz CT molecular complexity index is 605. The van der Waals surface area contributed by atoms with Crippen LogP contribution in [0.3, 0.4) is 0 Å². The number of fused-ring (bicyclic) bond motifs is 12. The van der Waals surface area contributed by atoms with Gasteiger partial charge in [-0.15, -0.1) is 0 Å². The summed E-state index contributed by atoms with van der Waals surface area (Å²) in [6.07, 6.45) is 1.90. The van der Waals surface area contributed by atoms with E-state index in [1.54, 1.807) is 6.92 Å². The van der Waals surface area contributed by atoms with E-state index >= 15 is 0 Å². The summed E-state index contributed by atoms with van der Waals surface area (Å²) in [5, 5.41) is 33.8. The Hall–Kier alpha value is -1.28. The Morgan fingerprint density at radius 1 is 0.875 bits per heavy atom. The van der Waals surface area contributed by atoms with Gasteiger partial charge >= 0.3 is 0 Å². The second-order valence-electron chi connectivity index (χ2n) is 8.39. The monoisotopic (exact) mass is 486 g/mol. The lowest BCUT2D eigenvalue weighted by molar-refractivity contribution is -0.120. The van der Waals surface area contributed by atoms with Crippen LogP contribution >= 0.6 is 24.4 Å². The molecule has 11 nitrogen and oxygen atoms in total. The van der Waals surface area contributed by atoms with Crippen LogP contribution in [0.5, 0.6) is 0 Å². The maximum atomic E-state index is 11.8. The Morgan fingerprint density at radius 3 is 1.78 bits per heavy atom. The predicted octanol–water partition coefficient (Wildman–Crippen LogP) is -2.62. The summed E-state index contributed by atoms with van der Waals surface area (Å²) >= 11 is 10.2. The SMILES string of the molecule is CC(=O)NC12CNCNCC(NC(=S)NCCCCN=C=S)(CNCNC1)CNCNC2. The molecule has 1 amide bonds. The van der Waals surface area contributed by atoms with Crippen molar-refractivity contribution >= 4 is 40.6 Å². The number of hydrogen-bond donors (Lipinski definition) is 9. The first-order chi connectivity index (χ1) is 15.5. The highest BCUT2D eigenvalue weighted by atomic mass is 32.1. The second kappa shape index (κ2) is 14.8. The maximum Gasteiger partial charge on any atom is 0.217 e. The van der Waals surface area contributed by atoms with Crippen LogP contribution < -0.4 is 47.9 Å². The molecule has 0 aliphatic carbocycles. The fraction of sp³-hybridized carbons (Fsp3) is 0.842. The molecule has 0 radical (unpaired) electrons. The zero-order chi connectivity index (χ0) is 23.1. The van der Waals surface area contributed by atoms with Crippen molar-refractivity contribution in [2.75, 3.05) is 72.4 Å². The van der Waals surface area contributed by atoms with Crippen molar-refractivity contribution in [1.29, 1.82) is 0 Å². The molecule has 0 atom stereocenters. The van der Waals surface area contributed by atoms with Crippen LogP contribution in [0.1, 0.15) is 19.8 Å². The molecule has 182 valence electrons. The highest BCUT2D eigenvalue weighted by Gasteiger charge is 2.34. The highest BCUT2D eigenvalue weighted by molar-refractivity contribution is 7.80. The fourth-order valence-electron chi connectivity index (χ4n) is 3.94. The standard InChI is InChI=1S/C19H38N10OS2/c1-16(30)28-18-6-21-12-24-9-19(10-25-13-22-7-18,11-26-14-23-8-18)29-17(32)27-5-3-2-4-20-15-31/h21-26H,2-14H2,1H3,(H,28,30)(H2,27,29,32). The van der Waals surface area contributed by atoms with E-state index in [4.69, 9.17) is 12.2 Å². The van der Waals surface area contributed by atoms with Crippen molar-refractivity contribution in [3.8, 4) is 0 Å². The molecule has 3 saturated heterocycles. The van der Waals surface area contributed by atoms with Crippen LogP contribution in [0.4, 0.5) is 0 Å². The molecule has 3 rings (SSSR count). The third-order valence-electron chi connectivity index (χ3n) is 5.40. The van der Waals surface area contributed by atoms with E-state index in [0.717, 1.165) is 19.4 Å². The van der Waals surface area contributed by atoms with Gasteiger partial charge in [0, 0.05) is 79.3 Å². The molecule has 32 heavy (non-hydrogen) atoms. The van der Waals surface area contributed by atoms with Gasteiger partial charge in [0.25, 0.3) is 0 Å². The molecule has 3 fully saturated rings. The van der Waals surface area contributed by atoms with Gasteiger partial charge in [-0.3, -0.25) is 4.79 Å². The van der Waals surface area contributed by atoms with Crippen LogP contribution in [0.15, 0.2) is 4.99 Å². The molecule has 3 aliphatic rings. The third-order valence-corrected chi connectivity index (χ3v) is 5.77. The molecule has 0 saturated carbocycles. The van der Waals surface area contributed by atoms with Gasteiger partial charge in [-0.1, -0.05) is 0 Å². The van der Waals surface area contributed by atoms with E-state index < -0.39 is 5.54 Å². The average molecular weight is 487 g/mol. The number of unbranched alkanes of at least 4 members (excludes halogenated alkanes) is 1. The Labute approximate surface area is 201 Å². The minimum absolute atomic E-state index is 0.0425. The molecule has 0 aromatic rings. The van der Waals surface area contributed by atoms with Crippen molar-refractivity contribution < 1.29 is 4.79 Å². The average Bonchev–Trinajstić information content (AvgIpc) is 2.73. The highest BCUT2D eigenvalue weighted by Crippen LogP contribution is 2.06. The largest absolute Gasteiger partial charge is 0.363 e. The van der Waals surface area contributed by atoms with Gasteiger partial charge in [-0.05, 0) is 37.3 Å². The number of hydrogen-bond acceptors (Lipinski definition) is 10. The Morgan fingerprint density at radius 2 is 1.34 bits per heavy atom. The van der Waals surface area contributed by atoms with Crippen molar-refractivity contribution in [3.05, 3.63) is 0 Å². The van der Waals surface area contributed by atoms with Gasteiger partial charge in [0.1, 0.15) is 0 Å². The van der Waals surface area contributed by atoms with Crippen molar-refractivity contribution in [2.24, 2.45) is 4.99 Å². The predicted molar refractivity (Wildman–Crippen MR) is 135 cm³/mol. The van der Waals surface area contributed by atoms with Crippen LogP contribution in [-0.2, 0) is 4.79 Å². The summed E-state index contributed by atoms with van der Waals surface area (Å²) in [6.45, 7) is 8.85. The van der Waals surface area contributed by atoms with Crippen LogP contribution in [0.25, 0.3) is 0 Å². The second-order valence-corrected chi connectivity index (χ2v) is 8.98. The summed E-state index contributed by atoms with van der Waals surface area (Å²) < 4.78 is 0. The molecule has 9 N–H and O–H groups in total. The smallest absolute Gasteiger partial charge is 0.217 e. The molecular weight excluding hydrogens is 448 g/mol. The first-order valence-electron chi connectivity index (χ1n) is 11.1. The van der Waals surface area contributed by atoms with Gasteiger partial charge in [-0.2, -0.15) is 0 Å². The fourth-order valence-corrected chi connectivity index (χ4v) is 4.35. The normalized spacial score (nSPS) is 27.3. The zero-order valence-corrected chi connectivity index (χ0v) is 20.5. The van der Waals surface area contributed by atoms with Crippen molar-refractivity contribution in [1.82, 2.24) is 47.9 Å². The molecule has 0 aromatic heterocycles. The van der Waals surface area contributed by atoms with E-state index in [2.05, 4.69) is 70.2 Å². The van der Waals surface area contributed by atoms with Gasteiger partial charge < -0.3 is 47.9 Å². The maximum absolute atomic E-state index is 11.8. The van der Waals surface area contributed by atoms with E-state index in [-0.39, 0.29) is 11.4 Å². The molecule has 2 bridgehead atoms. The third kappa shape index (κ3) is 10.1. The number of rotatable bonds is 7. The van der Waals surface area contributed by atoms with E-state index in [9.17, 15) is 4.79 Å². The number of aliphatic imine (C=N–C) groups is 1. The topological polar surface area (TPSA) is 138 Å². The van der Waals surface area contributed by atoms with Gasteiger partial charge in [-0.25, -0.2) is 4.99 Å². The molecule has 0 spiro atoms. The van der Waals surface area contributed by atoms with Crippen LogP contribution in [0, 0.1) is 0 Å². The minimum Gasteiger partial charge on any atom is -0.363 e. The molecule has 0 unspecified atom stereocenters. The van der Waals surface area contributed by atoms with E-state index in [0.29, 0.717) is 70.9 Å². The number of thiocarbonyl (C=S) groups is 2. The van der Waals surface area contributed by atoms with Crippen LogP contribution in [0.2, 0.25) is 0 Å². The van der Waals surface area contributed by atoms with E-state index in [1.807, 2.05) is 0 Å². The first-order valence-corrected chi connectivity index (χ1v) is 11.9. The summed E-state index contributed by atoms with van der Waals surface area (Å²) in [7, 11) is 0. The number of nitrogens with zero attached hydrogens (tertiary/aromatic N) is 1. The first kappa shape index (κ1) is 27.0. The summed E-state index contributed by atoms with van der Waals surface area (Å²) in [5.74, 6) is -0.0425. The zero-order valence-electron chi connectivity index (χ0n) is 18.9. The lowest BCUT2D eigenvalue weighted by Crippen LogP contribution is -2.71. The Balaban J connectivity index is 1.99. The number of amides is 1. The lowest BCUT2D eigenvalue weighted by Gasteiger charge is -2.40. The number of nitrogens with one attached hydrogen (secondary N) is 9. The number of isothiocyanates is 1. The van der Waals surface area contributed by atoms with Gasteiger partial charge in [0.2, 0.25) is 5.91 Å². The quantitative estimate of drug-likeness (QED) is 0.106. The van der Waals surface area contributed by atoms with Crippen molar-refractivity contribution in [3.63, 3.8) is 0 Å². The number of carbonyl (C=O) groups excluding carboxylic acids is 1. The number of carbonyl (C=O) groups is 1. The van der Waals surface area contributed by atoms with Gasteiger partial charge in [0.15, 0.2) is 5.11 Å². The van der Waals surface area contributed by atoms with Crippen molar-refractivity contribution in [2.45, 2.75) is 30.8 Å².